The Morgan fingerprint density at radius 2 is 2.08 bits per heavy atom. The fraction of sp³-hybridized carbons (Fsp3) is 0.294. The lowest BCUT2D eigenvalue weighted by Crippen LogP contribution is -2.39. The number of benzene rings is 1. The van der Waals surface area contributed by atoms with E-state index in [4.69, 9.17) is 11.6 Å². The average molecular weight is 463 g/mol. The minimum absolute atomic E-state index is 0. The van der Waals surface area contributed by atoms with Gasteiger partial charge in [-0.15, -0.1) is 24.0 Å². The van der Waals surface area contributed by atoms with Crippen LogP contribution in [0.25, 0.3) is 0 Å². The van der Waals surface area contributed by atoms with Crippen LogP contribution in [0.15, 0.2) is 47.6 Å². The van der Waals surface area contributed by atoms with Gasteiger partial charge in [-0.3, -0.25) is 9.98 Å². The van der Waals surface area contributed by atoms with Crippen LogP contribution in [-0.2, 0) is 13.0 Å². The van der Waals surface area contributed by atoms with Gasteiger partial charge >= 0.3 is 0 Å². The van der Waals surface area contributed by atoms with Gasteiger partial charge in [0.2, 0.25) is 0 Å². The number of halogens is 3. The molecule has 1 N–H and O–H groups in total. The number of hydrogen-bond donors (Lipinski definition) is 1. The number of nitrogens with one attached hydrogen (secondary N) is 1. The summed E-state index contributed by atoms with van der Waals surface area (Å²) in [6, 6.07) is 10.5. The highest BCUT2D eigenvalue weighted by Gasteiger charge is 2.12. The van der Waals surface area contributed by atoms with Gasteiger partial charge in [-0.25, -0.2) is 4.39 Å². The molecule has 0 amide bonds. The molecule has 1 heterocycles. The SMILES string of the molecule is CN=C(NCCc1ccccn1)N(C)Cc1c(F)cccc1Cl.I. The normalized spacial score (nSPS) is 10.9. The van der Waals surface area contributed by atoms with Crippen molar-refractivity contribution in [3.63, 3.8) is 0 Å². The summed E-state index contributed by atoms with van der Waals surface area (Å²) < 4.78 is 13.9. The van der Waals surface area contributed by atoms with Crippen LogP contribution in [0.5, 0.6) is 0 Å². The Bertz CT molecular complexity index is 647. The van der Waals surface area contributed by atoms with Crippen LogP contribution >= 0.6 is 35.6 Å². The molecule has 0 saturated heterocycles. The molecule has 7 heteroatoms. The second kappa shape index (κ2) is 10.5. The monoisotopic (exact) mass is 462 g/mol. The number of hydrogen-bond acceptors (Lipinski definition) is 2. The van der Waals surface area contributed by atoms with Gasteiger partial charge < -0.3 is 10.2 Å². The van der Waals surface area contributed by atoms with E-state index in [1.807, 2.05) is 30.1 Å². The van der Waals surface area contributed by atoms with Gasteiger partial charge in [0, 0.05) is 56.1 Å². The zero-order chi connectivity index (χ0) is 16.7. The second-order valence-corrected chi connectivity index (χ2v) is 5.51. The minimum atomic E-state index is -0.312. The zero-order valence-electron chi connectivity index (χ0n) is 13.7. The first-order valence-electron chi connectivity index (χ1n) is 7.36. The highest BCUT2D eigenvalue weighted by atomic mass is 127. The van der Waals surface area contributed by atoms with E-state index in [2.05, 4.69) is 15.3 Å². The third kappa shape index (κ3) is 5.90. The molecule has 0 aliphatic rings. The predicted octanol–water partition coefficient (Wildman–Crippen LogP) is 3.74. The summed E-state index contributed by atoms with van der Waals surface area (Å²) in [6.45, 7) is 1.04. The quantitative estimate of drug-likeness (QED) is 0.418. The number of nitrogens with zero attached hydrogens (tertiary/aromatic N) is 3. The van der Waals surface area contributed by atoms with Gasteiger partial charge in [-0.05, 0) is 24.3 Å². The number of guanidine groups is 1. The fourth-order valence-electron chi connectivity index (χ4n) is 2.23. The molecule has 4 nitrogen and oxygen atoms in total. The van der Waals surface area contributed by atoms with Crippen molar-refractivity contribution in [1.29, 1.82) is 0 Å². The number of aromatic nitrogens is 1. The summed E-state index contributed by atoms with van der Waals surface area (Å²) in [7, 11) is 3.54. The van der Waals surface area contributed by atoms with Crippen molar-refractivity contribution in [3.8, 4) is 0 Å². The summed E-state index contributed by atoms with van der Waals surface area (Å²) in [5.41, 5.74) is 1.47. The molecule has 1 aromatic heterocycles. The lowest BCUT2D eigenvalue weighted by molar-refractivity contribution is 0.461. The van der Waals surface area contributed by atoms with Crippen LogP contribution in [0.3, 0.4) is 0 Å². The van der Waals surface area contributed by atoms with E-state index < -0.39 is 0 Å². The summed E-state index contributed by atoms with van der Waals surface area (Å²) in [6.07, 6.45) is 2.56. The van der Waals surface area contributed by atoms with Crippen LogP contribution in [0, 0.1) is 5.82 Å². The maximum atomic E-state index is 13.9. The van der Waals surface area contributed by atoms with Crippen LogP contribution in [0.2, 0.25) is 5.02 Å². The van der Waals surface area contributed by atoms with Crippen LogP contribution in [0.4, 0.5) is 4.39 Å². The Labute approximate surface area is 164 Å². The molecule has 0 atom stereocenters. The highest BCUT2D eigenvalue weighted by Crippen LogP contribution is 2.20. The molecule has 24 heavy (non-hydrogen) atoms. The smallest absolute Gasteiger partial charge is 0.193 e. The molecular formula is C17H21ClFIN4. The summed E-state index contributed by atoms with van der Waals surface area (Å²) in [5, 5.41) is 3.66. The molecule has 0 spiro atoms. The maximum Gasteiger partial charge on any atom is 0.193 e. The standard InChI is InChI=1S/C17H20ClFN4.HI/c1-20-17(22-11-9-13-6-3-4-10-21-13)23(2)12-14-15(18)7-5-8-16(14)19;/h3-8,10H,9,11-12H2,1-2H3,(H,20,22);1H. The second-order valence-electron chi connectivity index (χ2n) is 5.10. The van der Waals surface area contributed by atoms with Crippen molar-refractivity contribution in [2.75, 3.05) is 20.6 Å². The van der Waals surface area contributed by atoms with E-state index in [0.29, 0.717) is 29.6 Å². The predicted molar refractivity (Wildman–Crippen MR) is 108 cm³/mol. The van der Waals surface area contributed by atoms with Crippen molar-refractivity contribution in [1.82, 2.24) is 15.2 Å². The highest BCUT2D eigenvalue weighted by molar-refractivity contribution is 14.0. The van der Waals surface area contributed by atoms with Crippen molar-refractivity contribution in [2.24, 2.45) is 4.99 Å². The van der Waals surface area contributed by atoms with Gasteiger partial charge in [0.15, 0.2) is 5.96 Å². The molecule has 0 saturated carbocycles. The van der Waals surface area contributed by atoms with Crippen molar-refractivity contribution in [3.05, 3.63) is 64.7 Å². The first kappa shape index (κ1) is 20.6. The lowest BCUT2D eigenvalue weighted by atomic mass is 10.2. The Morgan fingerprint density at radius 1 is 1.29 bits per heavy atom. The van der Waals surface area contributed by atoms with Crippen molar-refractivity contribution in [2.45, 2.75) is 13.0 Å². The molecule has 0 radical (unpaired) electrons. The topological polar surface area (TPSA) is 40.5 Å². The third-order valence-corrected chi connectivity index (χ3v) is 3.77. The van der Waals surface area contributed by atoms with Crippen LogP contribution in [-0.4, -0.2) is 36.5 Å². The first-order valence-corrected chi connectivity index (χ1v) is 7.74. The average Bonchev–Trinajstić information content (AvgIpc) is 2.56. The maximum absolute atomic E-state index is 13.9. The zero-order valence-corrected chi connectivity index (χ0v) is 16.8. The molecule has 0 unspecified atom stereocenters. The molecule has 0 bridgehead atoms. The molecule has 1 aromatic carbocycles. The van der Waals surface area contributed by atoms with E-state index in [9.17, 15) is 4.39 Å². The molecule has 2 aromatic rings. The third-order valence-electron chi connectivity index (χ3n) is 3.42. The Hall–Kier alpha value is -1.41. The lowest BCUT2D eigenvalue weighted by Gasteiger charge is -2.22. The molecule has 130 valence electrons. The Kier molecular flexibility index (Phi) is 8.99. The van der Waals surface area contributed by atoms with E-state index in [1.165, 1.54) is 6.07 Å². The number of aliphatic imine (C=N–C) groups is 1. The first-order chi connectivity index (χ1) is 11.1. The van der Waals surface area contributed by atoms with E-state index >= 15 is 0 Å². The molecule has 0 aliphatic carbocycles. The van der Waals surface area contributed by atoms with Gasteiger partial charge in [0.05, 0.1) is 0 Å². The van der Waals surface area contributed by atoms with E-state index in [0.717, 1.165) is 12.1 Å². The summed E-state index contributed by atoms with van der Waals surface area (Å²) >= 11 is 6.07. The number of rotatable bonds is 5. The van der Waals surface area contributed by atoms with Gasteiger partial charge in [-0.1, -0.05) is 23.7 Å². The Balaban J connectivity index is 0.00000288. The van der Waals surface area contributed by atoms with Crippen molar-refractivity contribution < 1.29 is 4.39 Å². The summed E-state index contributed by atoms with van der Waals surface area (Å²) in [4.78, 5) is 10.3. The largest absolute Gasteiger partial charge is 0.356 e. The van der Waals surface area contributed by atoms with Gasteiger partial charge in [0.1, 0.15) is 5.82 Å². The van der Waals surface area contributed by atoms with Crippen LogP contribution < -0.4 is 5.32 Å². The molecular weight excluding hydrogens is 442 g/mol. The fourth-order valence-corrected chi connectivity index (χ4v) is 2.45. The molecule has 0 fully saturated rings. The molecule has 2 rings (SSSR count). The van der Waals surface area contributed by atoms with Gasteiger partial charge in [-0.2, -0.15) is 0 Å². The van der Waals surface area contributed by atoms with E-state index in [-0.39, 0.29) is 29.8 Å². The Morgan fingerprint density at radius 3 is 2.71 bits per heavy atom. The van der Waals surface area contributed by atoms with E-state index in [1.54, 1.807) is 25.4 Å². The van der Waals surface area contributed by atoms with Gasteiger partial charge in [0.25, 0.3) is 0 Å². The number of pyridine rings is 1. The molecule has 0 aliphatic heterocycles. The summed E-state index contributed by atoms with van der Waals surface area (Å²) in [5.74, 6) is 0.369. The van der Waals surface area contributed by atoms with Crippen molar-refractivity contribution >= 4 is 41.5 Å². The van der Waals surface area contributed by atoms with Crippen LogP contribution in [0.1, 0.15) is 11.3 Å². The minimum Gasteiger partial charge on any atom is -0.356 e.